The van der Waals surface area contributed by atoms with Crippen LogP contribution in [-0.4, -0.2) is 23.6 Å². The Morgan fingerprint density at radius 2 is 1.88 bits per heavy atom. The molecule has 4 nitrogen and oxygen atoms in total. The molecule has 2 aromatic carbocycles. The van der Waals surface area contributed by atoms with Crippen LogP contribution >= 0.6 is 0 Å². The van der Waals surface area contributed by atoms with Crippen LogP contribution in [0.4, 0.5) is 0 Å². The van der Waals surface area contributed by atoms with Gasteiger partial charge in [-0.05, 0) is 54.4 Å². The molecular weight excluding hydrogens is 298 g/mol. The molecule has 0 aliphatic rings. The van der Waals surface area contributed by atoms with Gasteiger partial charge in [-0.1, -0.05) is 12.1 Å². The number of hydrogen-bond acceptors (Lipinski definition) is 2. The molecule has 24 heavy (non-hydrogen) atoms. The van der Waals surface area contributed by atoms with E-state index in [0.717, 1.165) is 30.8 Å². The average Bonchev–Trinajstić information content (AvgIpc) is 3.25. The molecule has 0 spiro atoms. The minimum Gasteiger partial charge on any atom is -0.497 e. The highest BCUT2D eigenvalue weighted by molar-refractivity contribution is 5.84. The lowest BCUT2D eigenvalue weighted by Gasteiger charge is -2.06. The molecule has 0 bridgehead atoms. The molecule has 3 N–H and O–H groups in total. The molecule has 0 aliphatic heterocycles. The van der Waals surface area contributed by atoms with Crippen molar-refractivity contribution in [1.29, 1.82) is 0 Å². The van der Waals surface area contributed by atoms with Crippen LogP contribution in [0.1, 0.15) is 11.1 Å². The number of fused-ring (bicyclic) bond motifs is 2. The summed E-state index contributed by atoms with van der Waals surface area (Å²) in [6.45, 7) is 1.81. The molecule has 0 atom stereocenters. The third-order valence-corrected chi connectivity index (χ3v) is 4.55. The Kier molecular flexibility index (Phi) is 3.97. The zero-order chi connectivity index (χ0) is 16.4. The maximum atomic E-state index is 5.33. The van der Waals surface area contributed by atoms with Gasteiger partial charge in [0.2, 0.25) is 0 Å². The third kappa shape index (κ3) is 2.76. The molecule has 2 aromatic heterocycles. The van der Waals surface area contributed by atoms with E-state index in [0.29, 0.717) is 0 Å². The first kappa shape index (κ1) is 14.8. The van der Waals surface area contributed by atoms with Crippen LogP contribution in [-0.2, 0) is 13.0 Å². The quantitative estimate of drug-likeness (QED) is 0.471. The van der Waals surface area contributed by atoms with E-state index >= 15 is 0 Å². The molecule has 0 unspecified atom stereocenters. The highest BCUT2D eigenvalue weighted by atomic mass is 16.5. The van der Waals surface area contributed by atoms with Crippen LogP contribution in [0.2, 0.25) is 0 Å². The molecule has 0 aliphatic carbocycles. The Hall–Kier alpha value is -2.72. The second-order valence-corrected chi connectivity index (χ2v) is 6.01. The van der Waals surface area contributed by atoms with Crippen molar-refractivity contribution in [3.05, 3.63) is 66.0 Å². The molecule has 0 saturated carbocycles. The van der Waals surface area contributed by atoms with Crippen molar-refractivity contribution in [2.45, 2.75) is 13.0 Å². The first-order valence-electron chi connectivity index (χ1n) is 8.25. The van der Waals surface area contributed by atoms with Crippen molar-refractivity contribution >= 4 is 21.8 Å². The minimum atomic E-state index is 0.876. The Bertz CT molecular complexity index is 967. The molecule has 4 rings (SSSR count). The highest BCUT2D eigenvalue weighted by Crippen LogP contribution is 2.24. The second-order valence-electron chi connectivity index (χ2n) is 6.01. The fourth-order valence-electron chi connectivity index (χ4n) is 3.24. The van der Waals surface area contributed by atoms with Crippen LogP contribution < -0.4 is 10.1 Å². The lowest BCUT2D eigenvalue weighted by Crippen LogP contribution is -2.16. The van der Waals surface area contributed by atoms with Crippen molar-refractivity contribution in [3.63, 3.8) is 0 Å². The molecule has 2 heterocycles. The Morgan fingerprint density at radius 3 is 2.79 bits per heavy atom. The van der Waals surface area contributed by atoms with Crippen molar-refractivity contribution < 1.29 is 4.74 Å². The van der Waals surface area contributed by atoms with E-state index in [1.807, 2.05) is 12.3 Å². The number of nitrogens with one attached hydrogen (secondary N) is 3. The first-order chi connectivity index (χ1) is 11.8. The van der Waals surface area contributed by atoms with Gasteiger partial charge in [0.25, 0.3) is 0 Å². The summed E-state index contributed by atoms with van der Waals surface area (Å²) < 4.78 is 5.33. The SMILES string of the molecule is COc1ccc2[nH]cc(CCNCc3cccc4[nH]ccc34)c2c1. The van der Waals surface area contributed by atoms with Crippen molar-refractivity contribution in [3.8, 4) is 5.75 Å². The molecule has 0 amide bonds. The zero-order valence-electron chi connectivity index (χ0n) is 13.7. The van der Waals surface area contributed by atoms with Gasteiger partial charge in [0.15, 0.2) is 0 Å². The van der Waals surface area contributed by atoms with Crippen LogP contribution in [0.15, 0.2) is 54.9 Å². The smallest absolute Gasteiger partial charge is 0.119 e. The predicted octanol–water partition coefficient (Wildman–Crippen LogP) is 3.99. The fourth-order valence-corrected chi connectivity index (χ4v) is 3.24. The highest BCUT2D eigenvalue weighted by Gasteiger charge is 2.05. The third-order valence-electron chi connectivity index (χ3n) is 4.55. The van der Waals surface area contributed by atoms with E-state index in [1.165, 1.54) is 27.4 Å². The number of aromatic nitrogens is 2. The topological polar surface area (TPSA) is 52.8 Å². The summed E-state index contributed by atoms with van der Waals surface area (Å²) >= 11 is 0. The maximum Gasteiger partial charge on any atom is 0.119 e. The van der Waals surface area contributed by atoms with Gasteiger partial charge in [0.1, 0.15) is 5.75 Å². The molecule has 4 aromatic rings. The zero-order valence-corrected chi connectivity index (χ0v) is 13.7. The number of ether oxygens (including phenoxy) is 1. The first-order valence-corrected chi connectivity index (χ1v) is 8.25. The van der Waals surface area contributed by atoms with Gasteiger partial charge in [-0.15, -0.1) is 0 Å². The lowest BCUT2D eigenvalue weighted by molar-refractivity contribution is 0.415. The van der Waals surface area contributed by atoms with Gasteiger partial charge in [0, 0.05) is 40.7 Å². The Labute approximate surface area is 140 Å². The van der Waals surface area contributed by atoms with E-state index in [-0.39, 0.29) is 0 Å². The number of methoxy groups -OCH3 is 1. The molecule has 0 fully saturated rings. The van der Waals surface area contributed by atoms with Gasteiger partial charge < -0.3 is 20.0 Å². The largest absolute Gasteiger partial charge is 0.497 e. The van der Waals surface area contributed by atoms with E-state index in [9.17, 15) is 0 Å². The number of H-pyrrole nitrogens is 2. The van der Waals surface area contributed by atoms with Gasteiger partial charge in [-0.2, -0.15) is 0 Å². The van der Waals surface area contributed by atoms with E-state index in [2.05, 4.69) is 57.9 Å². The van der Waals surface area contributed by atoms with E-state index in [4.69, 9.17) is 4.74 Å². The Morgan fingerprint density at radius 1 is 0.958 bits per heavy atom. The lowest BCUT2D eigenvalue weighted by atomic mass is 10.1. The summed E-state index contributed by atoms with van der Waals surface area (Å²) in [5, 5.41) is 6.09. The van der Waals surface area contributed by atoms with Gasteiger partial charge in [-0.25, -0.2) is 0 Å². The molecular formula is C20H21N3O. The summed E-state index contributed by atoms with van der Waals surface area (Å²) in [6, 6.07) is 14.7. The summed E-state index contributed by atoms with van der Waals surface area (Å²) in [4.78, 5) is 6.59. The number of aromatic amines is 2. The van der Waals surface area contributed by atoms with Crippen molar-refractivity contribution in [1.82, 2.24) is 15.3 Å². The maximum absolute atomic E-state index is 5.33. The van der Waals surface area contributed by atoms with Crippen molar-refractivity contribution in [2.24, 2.45) is 0 Å². The summed E-state index contributed by atoms with van der Waals surface area (Å²) in [6.07, 6.45) is 5.07. The number of hydrogen-bond donors (Lipinski definition) is 3. The summed E-state index contributed by atoms with van der Waals surface area (Å²) in [5.41, 5.74) is 4.99. The number of rotatable bonds is 6. The van der Waals surface area contributed by atoms with Gasteiger partial charge >= 0.3 is 0 Å². The van der Waals surface area contributed by atoms with Crippen molar-refractivity contribution in [2.75, 3.05) is 13.7 Å². The standard InChI is InChI=1S/C20H21N3O/c1-24-16-5-6-20-18(11-16)15(13-23-20)7-9-21-12-14-3-2-4-19-17(14)8-10-22-19/h2-6,8,10-11,13,21-23H,7,9,12H2,1H3. The molecule has 0 radical (unpaired) electrons. The second kappa shape index (κ2) is 6.42. The minimum absolute atomic E-state index is 0.876. The molecule has 122 valence electrons. The van der Waals surface area contributed by atoms with Gasteiger partial charge in [-0.3, -0.25) is 0 Å². The van der Waals surface area contributed by atoms with Crippen LogP contribution in [0.25, 0.3) is 21.8 Å². The number of benzene rings is 2. The fraction of sp³-hybridized carbons (Fsp3) is 0.200. The van der Waals surface area contributed by atoms with Crippen LogP contribution in [0.3, 0.4) is 0 Å². The van der Waals surface area contributed by atoms with E-state index < -0.39 is 0 Å². The average molecular weight is 319 g/mol. The normalized spacial score (nSPS) is 11.4. The predicted molar refractivity (Wildman–Crippen MR) is 98.6 cm³/mol. The Balaban J connectivity index is 1.42. The van der Waals surface area contributed by atoms with Gasteiger partial charge in [0.05, 0.1) is 7.11 Å². The molecule has 4 heteroatoms. The monoisotopic (exact) mass is 319 g/mol. The summed E-state index contributed by atoms with van der Waals surface area (Å²) in [5.74, 6) is 0.899. The van der Waals surface area contributed by atoms with Crippen LogP contribution in [0.5, 0.6) is 5.75 Å². The summed E-state index contributed by atoms with van der Waals surface area (Å²) in [7, 11) is 1.71. The van der Waals surface area contributed by atoms with E-state index in [1.54, 1.807) is 7.11 Å². The molecule has 0 saturated heterocycles. The van der Waals surface area contributed by atoms with Crippen LogP contribution in [0, 0.1) is 0 Å².